The molecule has 180 valence electrons. The number of rotatable bonds is 10. The molecule has 5 N–H and O–H groups in total. The van der Waals surface area contributed by atoms with Gasteiger partial charge < -0.3 is 26.4 Å². The largest absolute Gasteiger partial charge is 0.379 e. The van der Waals surface area contributed by atoms with Crippen LogP contribution in [0.4, 0.5) is 0 Å². The van der Waals surface area contributed by atoms with Crippen LogP contribution in [0.2, 0.25) is 0 Å². The quantitative estimate of drug-likeness (QED) is 0.192. The summed E-state index contributed by atoms with van der Waals surface area (Å²) in [6, 6.07) is 7.62. The summed E-state index contributed by atoms with van der Waals surface area (Å²) < 4.78 is 5.49. The first-order valence-electron chi connectivity index (χ1n) is 10.8. The lowest BCUT2D eigenvalue weighted by molar-refractivity contribution is -0.117. The van der Waals surface area contributed by atoms with Gasteiger partial charge in [0.05, 0.1) is 19.8 Å². The van der Waals surface area contributed by atoms with E-state index in [2.05, 4.69) is 39.7 Å². The van der Waals surface area contributed by atoms with Gasteiger partial charge >= 0.3 is 0 Å². The SMILES string of the molecule is CN=C(NCc1ccc(C(=O)NCC(N)=O)cc1)NCC(CC(C)C)N1CCOCC1.I. The van der Waals surface area contributed by atoms with Gasteiger partial charge in [-0.1, -0.05) is 26.0 Å². The number of hydrogen-bond donors (Lipinski definition) is 4. The van der Waals surface area contributed by atoms with Crippen molar-refractivity contribution in [2.45, 2.75) is 32.9 Å². The lowest BCUT2D eigenvalue weighted by Gasteiger charge is -2.35. The second kappa shape index (κ2) is 15.0. The molecule has 1 aliphatic heterocycles. The lowest BCUT2D eigenvalue weighted by atomic mass is 10.0. The number of aliphatic imine (C=N–C) groups is 1. The van der Waals surface area contributed by atoms with Crippen LogP contribution in [0.15, 0.2) is 29.3 Å². The molecule has 0 radical (unpaired) electrons. The maximum atomic E-state index is 12.0. The van der Waals surface area contributed by atoms with Crippen molar-refractivity contribution in [2.75, 3.05) is 46.4 Å². The number of nitrogens with two attached hydrogens (primary N) is 1. The minimum atomic E-state index is -0.572. The van der Waals surface area contributed by atoms with Gasteiger partial charge in [-0.3, -0.25) is 19.5 Å². The van der Waals surface area contributed by atoms with Crippen LogP contribution in [0.5, 0.6) is 0 Å². The van der Waals surface area contributed by atoms with Crippen molar-refractivity contribution in [3.05, 3.63) is 35.4 Å². The third-order valence-electron chi connectivity index (χ3n) is 5.13. The van der Waals surface area contributed by atoms with Crippen molar-refractivity contribution < 1.29 is 14.3 Å². The van der Waals surface area contributed by atoms with E-state index in [0.29, 0.717) is 24.1 Å². The van der Waals surface area contributed by atoms with Crippen molar-refractivity contribution in [1.82, 2.24) is 20.9 Å². The molecule has 2 amide bonds. The Morgan fingerprint density at radius 2 is 1.78 bits per heavy atom. The van der Waals surface area contributed by atoms with Gasteiger partial charge in [0.1, 0.15) is 0 Å². The number of benzene rings is 1. The van der Waals surface area contributed by atoms with Gasteiger partial charge in [-0.15, -0.1) is 24.0 Å². The van der Waals surface area contributed by atoms with Crippen LogP contribution in [0.1, 0.15) is 36.2 Å². The van der Waals surface area contributed by atoms with Crippen LogP contribution in [0.25, 0.3) is 0 Å². The Morgan fingerprint density at radius 1 is 1.12 bits per heavy atom. The predicted octanol–water partition coefficient (Wildman–Crippen LogP) is 0.932. The minimum absolute atomic E-state index is 0. The van der Waals surface area contributed by atoms with Crippen molar-refractivity contribution in [1.29, 1.82) is 0 Å². The van der Waals surface area contributed by atoms with Crippen LogP contribution in [-0.2, 0) is 16.1 Å². The van der Waals surface area contributed by atoms with Crippen LogP contribution in [0, 0.1) is 5.92 Å². The van der Waals surface area contributed by atoms with Crippen molar-refractivity contribution in [3.8, 4) is 0 Å². The molecule has 0 saturated carbocycles. The van der Waals surface area contributed by atoms with E-state index in [4.69, 9.17) is 10.5 Å². The first-order valence-corrected chi connectivity index (χ1v) is 10.8. The number of nitrogens with one attached hydrogen (secondary N) is 3. The van der Waals surface area contributed by atoms with Crippen molar-refractivity contribution in [3.63, 3.8) is 0 Å². The van der Waals surface area contributed by atoms with Crippen LogP contribution >= 0.6 is 24.0 Å². The number of hydrogen-bond acceptors (Lipinski definition) is 5. The molecular weight excluding hydrogens is 523 g/mol. The van der Waals surface area contributed by atoms with E-state index < -0.39 is 5.91 Å². The summed E-state index contributed by atoms with van der Waals surface area (Å²) in [4.78, 5) is 29.6. The van der Waals surface area contributed by atoms with E-state index in [1.54, 1.807) is 19.2 Å². The summed E-state index contributed by atoms with van der Waals surface area (Å²) in [5, 5.41) is 9.24. The Morgan fingerprint density at radius 3 is 2.34 bits per heavy atom. The van der Waals surface area contributed by atoms with Crippen molar-refractivity contribution >= 4 is 41.8 Å². The van der Waals surface area contributed by atoms with Crippen LogP contribution in [0.3, 0.4) is 0 Å². The monoisotopic (exact) mass is 560 g/mol. The molecule has 0 bridgehead atoms. The third kappa shape index (κ3) is 10.1. The highest BCUT2D eigenvalue weighted by atomic mass is 127. The molecule has 1 aromatic rings. The highest BCUT2D eigenvalue weighted by molar-refractivity contribution is 14.0. The van der Waals surface area contributed by atoms with Gasteiger partial charge in [-0.2, -0.15) is 0 Å². The second-order valence-electron chi connectivity index (χ2n) is 8.08. The fraction of sp³-hybridized carbons (Fsp3) is 0.591. The van der Waals surface area contributed by atoms with Crippen LogP contribution < -0.4 is 21.7 Å². The van der Waals surface area contributed by atoms with Crippen LogP contribution in [-0.4, -0.2) is 75.2 Å². The van der Waals surface area contributed by atoms with Gasteiger partial charge in [-0.25, -0.2) is 0 Å². The number of nitrogens with zero attached hydrogens (tertiary/aromatic N) is 2. The van der Waals surface area contributed by atoms with Gasteiger partial charge in [0.25, 0.3) is 5.91 Å². The zero-order chi connectivity index (χ0) is 22.6. The maximum absolute atomic E-state index is 12.0. The highest BCUT2D eigenvalue weighted by Gasteiger charge is 2.22. The average molecular weight is 560 g/mol. The van der Waals surface area contributed by atoms with E-state index in [9.17, 15) is 9.59 Å². The number of carbonyl (C=O) groups excluding carboxylic acids is 2. The number of guanidine groups is 1. The van der Waals surface area contributed by atoms with E-state index >= 15 is 0 Å². The fourth-order valence-electron chi connectivity index (χ4n) is 3.51. The summed E-state index contributed by atoms with van der Waals surface area (Å²) in [6.45, 7) is 9.22. The number of primary amides is 1. The summed E-state index contributed by atoms with van der Waals surface area (Å²) >= 11 is 0. The number of amides is 2. The van der Waals surface area contributed by atoms with E-state index in [1.807, 2.05) is 12.1 Å². The molecule has 1 unspecified atom stereocenters. The lowest BCUT2D eigenvalue weighted by Crippen LogP contribution is -2.50. The molecule has 32 heavy (non-hydrogen) atoms. The van der Waals surface area contributed by atoms with Gasteiger partial charge in [0.15, 0.2) is 5.96 Å². The molecule has 1 aromatic carbocycles. The zero-order valence-corrected chi connectivity index (χ0v) is 21.6. The van der Waals surface area contributed by atoms with Gasteiger partial charge in [0.2, 0.25) is 5.91 Å². The van der Waals surface area contributed by atoms with E-state index in [0.717, 1.165) is 50.8 Å². The first-order chi connectivity index (χ1) is 14.9. The van der Waals surface area contributed by atoms with Crippen molar-refractivity contribution in [2.24, 2.45) is 16.6 Å². The molecule has 1 atom stereocenters. The smallest absolute Gasteiger partial charge is 0.251 e. The minimum Gasteiger partial charge on any atom is -0.379 e. The molecule has 0 spiro atoms. The Labute approximate surface area is 207 Å². The zero-order valence-electron chi connectivity index (χ0n) is 19.2. The molecule has 1 heterocycles. The molecule has 10 heteroatoms. The fourth-order valence-corrected chi connectivity index (χ4v) is 3.51. The van der Waals surface area contributed by atoms with Gasteiger partial charge in [0, 0.05) is 44.8 Å². The molecule has 9 nitrogen and oxygen atoms in total. The second-order valence-corrected chi connectivity index (χ2v) is 8.08. The molecule has 1 saturated heterocycles. The summed E-state index contributed by atoms with van der Waals surface area (Å²) in [7, 11) is 1.76. The average Bonchev–Trinajstić information content (AvgIpc) is 2.77. The first kappa shape index (κ1) is 28.1. The third-order valence-corrected chi connectivity index (χ3v) is 5.13. The normalized spacial score (nSPS) is 15.6. The molecule has 0 aliphatic carbocycles. The Kier molecular flexibility index (Phi) is 13.2. The summed E-state index contributed by atoms with van der Waals surface area (Å²) in [5.74, 6) is 0.459. The predicted molar refractivity (Wildman–Crippen MR) is 137 cm³/mol. The van der Waals surface area contributed by atoms with E-state index in [-0.39, 0.29) is 36.4 Å². The summed E-state index contributed by atoms with van der Waals surface area (Å²) in [6.07, 6.45) is 1.11. The molecule has 1 aliphatic rings. The number of ether oxygens (including phenoxy) is 1. The Hall–Kier alpha value is -1.92. The standard InChI is InChI=1S/C22H36N6O3.HI/c1-16(2)12-19(28-8-10-31-11-9-28)14-27-22(24-3)26-13-17-4-6-18(7-5-17)21(30)25-15-20(23)29;/h4-7,16,19H,8-15H2,1-3H3,(H2,23,29)(H,25,30)(H2,24,26,27);1H. The Bertz CT molecular complexity index is 736. The van der Waals surface area contributed by atoms with Gasteiger partial charge in [-0.05, 0) is 30.0 Å². The topological polar surface area (TPSA) is 121 Å². The maximum Gasteiger partial charge on any atom is 0.251 e. The molecule has 1 fully saturated rings. The molecular formula is C22H37IN6O3. The highest BCUT2D eigenvalue weighted by Crippen LogP contribution is 2.13. The Balaban J connectivity index is 0.00000512. The van der Waals surface area contributed by atoms with E-state index in [1.165, 1.54) is 0 Å². The number of carbonyl (C=O) groups is 2. The molecule has 0 aromatic heterocycles. The number of halogens is 1. The number of morpholine rings is 1. The molecule has 2 rings (SSSR count). The summed E-state index contributed by atoms with van der Waals surface area (Å²) in [5.41, 5.74) is 6.54.